The maximum absolute atomic E-state index is 8.48. The quantitative estimate of drug-likeness (QED) is 0.626. The smallest absolute Gasteiger partial charge is 0.213 e. The average Bonchev–Trinajstić information content (AvgIpc) is 2.91. The van der Waals surface area contributed by atoms with E-state index in [4.69, 9.17) is 15.6 Å². The molecule has 3 N–H and O–H groups in total. The fourth-order valence-electron chi connectivity index (χ4n) is 0.704. The van der Waals surface area contributed by atoms with Crippen molar-refractivity contribution in [2.24, 2.45) is 5.73 Å². The van der Waals surface area contributed by atoms with E-state index in [9.17, 15) is 0 Å². The van der Waals surface area contributed by atoms with Gasteiger partial charge in [-0.15, -0.1) is 0 Å². The number of ether oxygens (including phenoxy) is 1. The van der Waals surface area contributed by atoms with Crippen molar-refractivity contribution < 1.29 is 9.84 Å². The van der Waals surface area contributed by atoms with Crippen molar-refractivity contribution in [3.8, 4) is 5.88 Å². The van der Waals surface area contributed by atoms with Gasteiger partial charge in [-0.2, -0.15) is 0 Å². The van der Waals surface area contributed by atoms with Crippen molar-refractivity contribution in [3.63, 3.8) is 0 Å². The molecule has 2 rings (SSSR count). The second kappa shape index (κ2) is 5.45. The molecule has 5 heteroatoms. The van der Waals surface area contributed by atoms with E-state index in [0.29, 0.717) is 6.10 Å². The molecule has 1 aliphatic rings. The van der Waals surface area contributed by atoms with Gasteiger partial charge in [0.25, 0.3) is 0 Å². The highest BCUT2D eigenvalue weighted by Crippen LogP contribution is 2.10. The average molecular weight is 183 g/mol. The van der Waals surface area contributed by atoms with E-state index in [1.807, 2.05) is 0 Å². The van der Waals surface area contributed by atoms with Crippen molar-refractivity contribution in [3.05, 3.63) is 18.6 Å². The maximum atomic E-state index is 8.48. The molecule has 5 nitrogen and oxygen atoms in total. The molecule has 0 radical (unpaired) electrons. The summed E-state index contributed by atoms with van der Waals surface area (Å²) < 4.78 is 4.87. The summed E-state index contributed by atoms with van der Waals surface area (Å²) in [7, 11) is 0. The highest BCUT2D eigenvalue weighted by molar-refractivity contribution is 5.00. The Morgan fingerprint density at radius 3 is 2.69 bits per heavy atom. The van der Waals surface area contributed by atoms with Crippen LogP contribution in [0.3, 0.4) is 0 Å². The zero-order valence-corrected chi connectivity index (χ0v) is 7.26. The summed E-state index contributed by atoms with van der Waals surface area (Å²) in [5.74, 6) is 0.00926. The molecule has 1 unspecified atom stereocenters. The molecule has 2 heterocycles. The minimum absolute atomic E-state index is 0.00926. The van der Waals surface area contributed by atoms with Crippen LogP contribution in [-0.2, 0) is 4.74 Å². The van der Waals surface area contributed by atoms with E-state index < -0.39 is 0 Å². The van der Waals surface area contributed by atoms with Gasteiger partial charge in [0.15, 0.2) is 0 Å². The van der Waals surface area contributed by atoms with E-state index in [1.165, 1.54) is 18.6 Å². The number of nitrogens with two attached hydrogens (primary N) is 1. The molecule has 13 heavy (non-hydrogen) atoms. The summed E-state index contributed by atoms with van der Waals surface area (Å²) >= 11 is 0. The monoisotopic (exact) mass is 183 g/mol. The highest BCUT2D eigenvalue weighted by Gasteiger charge is 2.20. The Kier molecular flexibility index (Phi) is 4.14. The summed E-state index contributed by atoms with van der Waals surface area (Å²) in [5, 5.41) is 8.48. The second-order valence-electron chi connectivity index (χ2n) is 2.60. The van der Waals surface area contributed by atoms with Crippen molar-refractivity contribution in [1.82, 2.24) is 9.97 Å². The number of hydrogen-bond donors (Lipinski definition) is 2. The van der Waals surface area contributed by atoms with Crippen molar-refractivity contribution >= 4 is 0 Å². The van der Waals surface area contributed by atoms with Gasteiger partial charge in [-0.05, 0) is 13.0 Å². The predicted octanol–water partition coefficient (Wildman–Crippen LogP) is -0.0838. The van der Waals surface area contributed by atoms with E-state index in [-0.39, 0.29) is 5.88 Å². The van der Waals surface area contributed by atoms with E-state index in [0.717, 1.165) is 19.6 Å². The van der Waals surface area contributed by atoms with Gasteiger partial charge in [-0.3, -0.25) is 0 Å². The number of epoxide rings is 1. The molecule has 0 bridgehead atoms. The molecular weight excluding hydrogens is 170 g/mol. The Hall–Kier alpha value is -1.20. The van der Waals surface area contributed by atoms with Crippen LogP contribution < -0.4 is 5.73 Å². The van der Waals surface area contributed by atoms with Gasteiger partial charge in [-0.1, -0.05) is 0 Å². The minimum Gasteiger partial charge on any atom is -0.493 e. The number of nitrogens with zero attached hydrogens (tertiary/aromatic N) is 2. The lowest BCUT2D eigenvalue weighted by atomic mass is 10.3. The summed E-state index contributed by atoms with van der Waals surface area (Å²) in [4.78, 5) is 7.00. The predicted molar refractivity (Wildman–Crippen MR) is 47.1 cm³/mol. The second-order valence-corrected chi connectivity index (χ2v) is 2.60. The van der Waals surface area contributed by atoms with Crippen LogP contribution >= 0.6 is 0 Å². The normalized spacial score (nSPS) is 18.7. The Balaban J connectivity index is 0.000000132. The lowest BCUT2D eigenvalue weighted by Crippen LogP contribution is -2.01. The molecule has 1 aromatic rings. The van der Waals surface area contributed by atoms with E-state index in [2.05, 4.69) is 9.97 Å². The van der Waals surface area contributed by atoms with Gasteiger partial charge in [-0.25, -0.2) is 9.97 Å². The van der Waals surface area contributed by atoms with Crippen molar-refractivity contribution in [2.75, 3.05) is 13.2 Å². The van der Waals surface area contributed by atoms with Crippen LogP contribution in [-0.4, -0.2) is 34.3 Å². The lowest BCUT2D eigenvalue weighted by Gasteiger charge is -1.81. The summed E-state index contributed by atoms with van der Waals surface area (Å²) in [6.07, 6.45) is 4.33. The molecule has 1 aromatic heterocycles. The summed E-state index contributed by atoms with van der Waals surface area (Å²) in [6, 6.07) is 1.42. The number of hydrogen-bond acceptors (Lipinski definition) is 5. The number of aromatic nitrogens is 2. The first-order chi connectivity index (χ1) is 6.33. The summed E-state index contributed by atoms with van der Waals surface area (Å²) in [5.41, 5.74) is 5.19. The molecule has 1 saturated heterocycles. The van der Waals surface area contributed by atoms with Crippen LogP contribution in [0.1, 0.15) is 6.42 Å². The Labute approximate surface area is 76.6 Å². The molecule has 1 aliphatic heterocycles. The molecule has 0 spiro atoms. The van der Waals surface area contributed by atoms with Crippen LogP contribution in [0.2, 0.25) is 0 Å². The molecule has 0 aliphatic carbocycles. The van der Waals surface area contributed by atoms with E-state index >= 15 is 0 Å². The minimum atomic E-state index is 0.00926. The standard InChI is InChI=1S/C4H4N2O.C4H9NO/c7-4-1-2-5-3-6-4;5-2-1-4-3-6-4/h1-3H,(H,5,6,7);4H,1-3,5H2. The first-order valence-corrected chi connectivity index (χ1v) is 4.09. The topological polar surface area (TPSA) is 84.6 Å². The third-order valence-corrected chi connectivity index (χ3v) is 1.46. The zero-order chi connectivity index (χ0) is 9.52. The van der Waals surface area contributed by atoms with Gasteiger partial charge >= 0.3 is 0 Å². The Bertz CT molecular complexity index is 226. The largest absolute Gasteiger partial charge is 0.493 e. The molecule has 0 saturated carbocycles. The van der Waals surface area contributed by atoms with Crippen LogP contribution in [0.25, 0.3) is 0 Å². The van der Waals surface area contributed by atoms with Gasteiger partial charge in [0.1, 0.15) is 6.33 Å². The highest BCUT2D eigenvalue weighted by atomic mass is 16.6. The van der Waals surface area contributed by atoms with Gasteiger partial charge in [0, 0.05) is 12.3 Å². The number of aromatic hydroxyl groups is 1. The van der Waals surface area contributed by atoms with E-state index in [1.54, 1.807) is 0 Å². The summed E-state index contributed by atoms with van der Waals surface area (Å²) in [6.45, 7) is 1.71. The fraction of sp³-hybridized carbons (Fsp3) is 0.500. The Morgan fingerprint density at radius 1 is 1.69 bits per heavy atom. The Morgan fingerprint density at radius 2 is 2.46 bits per heavy atom. The molecule has 1 atom stereocenters. The van der Waals surface area contributed by atoms with Crippen LogP contribution in [0.5, 0.6) is 5.88 Å². The first kappa shape index (κ1) is 9.88. The first-order valence-electron chi connectivity index (χ1n) is 4.09. The van der Waals surface area contributed by atoms with Crippen LogP contribution in [0, 0.1) is 0 Å². The molecule has 72 valence electrons. The van der Waals surface area contributed by atoms with Crippen molar-refractivity contribution in [1.29, 1.82) is 0 Å². The van der Waals surface area contributed by atoms with Gasteiger partial charge in [0.2, 0.25) is 5.88 Å². The van der Waals surface area contributed by atoms with Crippen molar-refractivity contribution in [2.45, 2.75) is 12.5 Å². The van der Waals surface area contributed by atoms with Gasteiger partial charge < -0.3 is 15.6 Å². The van der Waals surface area contributed by atoms with Crippen LogP contribution in [0.4, 0.5) is 0 Å². The molecule has 0 aromatic carbocycles. The lowest BCUT2D eigenvalue weighted by molar-refractivity contribution is 0.399. The molecule has 1 fully saturated rings. The number of rotatable bonds is 2. The molecular formula is C8H13N3O2. The zero-order valence-electron chi connectivity index (χ0n) is 7.26. The van der Waals surface area contributed by atoms with Crippen LogP contribution in [0.15, 0.2) is 18.6 Å². The van der Waals surface area contributed by atoms with Gasteiger partial charge in [0.05, 0.1) is 12.7 Å². The SMILES string of the molecule is NCCC1CO1.Oc1ccncn1. The third kappa shape index (κ3) is 5.10. The fourth-order valence-corrected chi connectivity index (χ4v) is 0.704. The molecule has 0 amide bonds. The third-order valence-electron chi connectivity index (χ3n) is 1.46. The maximum Gasteiger partial charge on any atom is 0.213 e.